The number of nitrogens with two attached hydrogens (primary N) is 1. The van der Waals surface area contributed by atoms with Crippen LogP contribution in [0.4, 0.5) is 10.2 Å². The first-order chi connectivity index (χ1) is 16.8. The maximum Gasteiger partial charge on any atom is 0.251 e. The standard InChI is InChI=1S/C26H21Cl2FN4O2/c1-15(23-20(27)8-9-21(29)24(23)28)35-22-11-19(14-32-25(22)30)17-4-6-18(7-5-17)26(34)33-13-16-3-2-10-31-12-16/h2-12,14-15H,13H2,1H3,(H2,30,32)(H,33,34). The molecule has 1 atom stereocenters. The van der Waals surface area contributed by atoms with Crippen LogP contribution in [0.5, 0.6) is 5.75 Å². The van der Waals surface area contributed by atoms with Gasteiger partial charge >= 0.3 is 0 Å². The highest BCUT2D eigenvalue weighted by Gasteiger charge is 2.20. The van der Waals surface area contributed by atoms with E-state index in [0.29, 0.717) is 23.4 Å². The molecule has 0 fully saturated rings. The Labute approximate surface area is 211 Å². The van der Waals surface area contributed by atoms with Gasteiger partial charge in [-0.1, -0.05) is 41.4 Å². The van der Waals surface area contributed by atoms with Crippen molar-refractivity contribution < 1.29 is 13.9 Å². The number of anilines is 1. The number of pyridine rings is 2. The van der Waals surface area contributed by atoms with Gasteiger partial charge in [0, 0.05) is 46.8 Å². The number of hydrogen-bond donors (Lipinski definition) is 2. The highest BCUT2D eigenvalue weighted by Crippen LogP contribution is 2.37. The van der Waals surface area contributed by atoms with Gasteiger partial charge in [0.25, 0.3) is 5.91 Å². The zero-order chi connectivity index (χ0) is 24.9. The van der Waals surface area contributed by atoms with E-state index in [-0.39, 0.29) is 21.8 Å². The number of nitrogen functional groups attached to an aromatic ring is 1. The van der Waals surface area contributed by atoms with Crippen molar-refractivity contribution in [2.75, 3.05) is 5.73 Å². The SMILES string of the molecule is CC(Oc1cc(-c2ccc(C(=O)NCc3cccnc3)cc2)cnc1N)c1c(Cl)ccc(F)c1Cl. The van der Waals surface area contributed by atoms with Crippen molar-refractivity contribution in [1.29, 1.82) is 0 Å². The number of hydrogen-bond acceptors (Lipinski definition) is 5. The summed E-state index contributed by atoms with van der Waals surface area (Å²) in [6.07, 6.45) is 4.30. The van der Waals surface area contributed by atoms with Gasteiger partial charge in [-0.15, -0.1) is 0 Å². The molecule has 9 heteroatoms. The van der Waals surface area contributed by atoms with E-state index in [1.54, 1.807) is 55.8 Å². The summed E-state index contributed by atoms with van der Waals surface area (Å²) in [6, 6.07) is 15.1. The highest BCUT2D eigenvalue weighted by atomic mass is 35.5. The number of aromatic nitrogens is 2. The van der Waals surface area contributed by atoms with Crippen molar-refractivity contribution >= 4 is 34.9 Å². The Morgan fingerprint density at radius 2 is 1.89 bits per heavy atom. The van der Waals surface area contributed by atoms with Crippen LogP contribution in [0.25, 0.3) is 11.1 Å². The minimum absolute atomic E-state index is 0.106. The molecule has 0 bridgehead atoms. The van der Waals surface area contributed by atoms with Crippen molar-refractivity contribution in [3.8, 4) is 16.9 Å². The largest absolute Gasteiger partial charge is 0.482 e. The number of nitrogens with one attached hydrogen (secondary N) is 1. The molecule has 0 aliphatic heterocycles. The Hall–Kier alpha value is -3.68. The molecule has 6 nitrogen and oxygen atoms in total. The minimum atomic E-state index is -0.684. The lowest BCUT2D eigenvalue weighted by molar-refractivity contribution is 0.0951. The van der Waals surface area contributed by atoms with Crippen LogP contribution in [0.2, 0.25) is 10.0 Å². The first-order valence-electron chi connectivity index (χ1n) is 10.7. The van der Waals surface area contributed by atoms with Crippen LogP contribution in [0.3, 0.4) is 0 Å². The molecule has 0 aliphatic carbocycles. The van der Waals surface area contributed by atoms with Crippen LogP contribution in [0, 0.1) is 5.82 Å². The monoisotopic (exact) mass is 510 g/mol. The summed E-state index contributed by atoms with van der Waals surface area (Å²) in [6.45, 7) is 2.08. The third kappa shape index (κ3) is 5.70. The predicted molar refractivity (Wildman–Crippen MR) is 135 cm³/mol. The Kier molecular flexibility index (Phi) is 7.48. The fourth-order valence-corrected chi connectivity index (χ4v) is 4.15. The zero-order valence-electron chi connectivity index (χ0n) is 18.6. The quantitative estimate of drug-likeness (QED) is 0.287. The van der Waals surface area contributed by atoms with Crippen LogP contribution in [0.1, 0.15) is 34.5 Å². The van der Waals surface area contributed by atoms with Crippen molar-refractivity contribution in [3.63, 3.8) is 0 Å². The first kappa shape index (κ1) is 24.4. The van der Waals surface area contributed by atoms with E-state index in [0.717, 1.165) is 16.7 Å². The molecule has 4 rings (SSSR count). The van der Waals surface area contributed by atoms with E-state index in [2.05, 4.69) is 15.3 Å². The predicted octanol–water partition coefficient (Wildman–Crippen LogP) is 6.24. The number of benzene rings is 2. The molecule has 3 N–H and O–H groups in total. The summed E-state index contributed by atoms with van der Waals surface area (Å²) >= 11 is 12.3. The van der Waals surface area contributed by atoms with E-state index in [9.17, 15) is 9.18 Å². The van der Waals surface area contributed by atoms with Gasteiger partial charge in [-0.3, -0.25) is 9.78 Å². The molecule has 35 heavy (non-hydrogen) atoms. The highest BCUT2D eigenvalue weighted by molar-refractivity contribution is 6.36. The number of rotatable bonds is 7. The molecule has 0 saturated carbocycles. The lowest BCUT2D eigenvalue weighted by Crippen LogP contribution is -2.22. The van der Waals surface area contributed by atoms with E-state index < -0.39 is 11.9 Å². The van der Waals surface area contributed by atoms with Crippen molar-refractivity contribution in [2.24, 2.45) is 0 Å². The maximum atomic E-state index is 13.9. The summed E-state index contributed by atoms with van der Waals surface area (Å²) in [5.74, 6) is -0.330. The molecule has 2 aromatic heterocycles. The molecule has 2 heterocycles. The smallest absolute Gasteiger partial charge is 0.251 e. The fraction of sp³-hybridized carbons (Fsp3) is 0.115. The van der Waals surface area contributed by atoms with Crippen LogP contribution < -0.4 is 15.8 Å². The molecule has 0 spiro atoms. The van der Waals surface area contributed by atoms with Crippen LogP contribution in [0.15, 0.2) is 73.2 Å². The number of carbonyl (C=O) groups is 1. The van der Waals surface area contributed by atoms with Crippen LogP contribution in [-0.2, 0) is 6.54 Å². The number of ether oxygens (including phenoxy) is 1. The second-order valence-corrected chi connectivity index (χ2v) is 8.53. The molecule has 2 aromatic carbocycles. The van der Waals surface area contributed by atoms with Gasteiger partial charge in [0.15, 0.2) is 11.6 Å². The van der Waals surface area contributed by atoms with Gasteiger partial charge in [-0.05, 0) is 54.4 Å². The zero-order valence-corrected chi connectivity index (χ0v) is 20.1. The number of halogens is 3. The number of amides is 1. The third-order valence-electron chi connectivity index (χ3n) is 5.33. The summed E-state index contributed by atoms with van der Waals surface area (Å²) in [5.41, 5.74) is 9.28. The summed E-state index contributed by atoms with van der Waals surface area (Å²) in [4.78, 5) is 20.7. The summed E-state index contributed by atoms with van der Waals surface area (Å²) in [7, 11) is 0. The molecule has 0 aliphatic rings. The first-order valence-corrected chi connectivity index (χ1v) is 11.4. The Bertz CT molecular complexity index is 1350. The number of carbonyl (C=O) groups excluding carboxylic acids is 1. The average Bonchev–Trinajstić information content (AvgIpc) is 2.87. The summed E-state index contributed by atoms with van der Waals surface area (Å²) < 4.78 is 19.9. The average molecular weight is 511 g/mol. The molecular formula is C26H21Cl2FN4O2. The molecule has 1 amide bonds. The van der Waals surface area contributed by atoms with Gasteiger partial charge in [0.1, 0.15) is 11.9 Å². The lowest BCUT2D eigenvalue weighted by Gasteiger charge is -2.19. The molecule has 1 unspecified atom stereocenters. The molecule has 4 aromatic rings. The molecular weight excluding hydrogens is 490 g/mol. The van der Waals surface area contributed by atoms with E-state index in [4.69, 9.17) is 33.7 Å². The van der Waals surface area contributed by atoms with E-state index in [1.807, 2.05) is 12.1 Å². The lowest BCUT2D eigenvalue weighted by atomic mass is 10.0. The molecule has 0 saturated heterocycles. The van der Waals surface area contributed by atoms with E-state index >= 15 is 0 Å². The van der Waals surface area contributed by atoms with Gasteiger partial charge in [0.2, 0.25) is 0 Å². The Morgan fingerprint density at radius 1 is 1.11 bits per heavy atom. The van der Waals surface area contributed by atoms with Crippen molar-refractivity contribution in [1.82, 2.24) is 15.3 Å². The van der Waals surface area contributed by atoms with Crippen LogP contribution in [-0.4, -0.2) is 15.9 Å². The van der Waals surface area contributed by atoms with Gasteiger partial charge in [0.05, 0.1) is 5.02 Å². The van der Waals surface area contributed by atoms with Crippen molar-refractivity contribution in [3.05, 3.63) is 106 Å². The molecule has 0 radical (unpaired) electrons. The van der Waals surface area contributed by atoms with Gasteiger partial charge in [-0.25, -0.2) is 9.37 Å². The second kappa shape index (κ2) is 10.7. The molecule has 178 valence electrons. The summed E-state index contributed by atoms with van der Waals surface area (Å²) in [5, 5.41) is 3.04. The van der Waals surface area contributed by atoms with Crippen LogP contribution >= 0.6 is 23.2 Å². The fourth-order valence-electron chi connectivity index (χ4n) is 3.47. The van der Waals surface area contributed by atoms with Gasteiger partial charge < -0.3 is 15.8 Å². The maximum absolute atomic E-state index is 13.9. The van der Waals surface area contributed by atoms with E-state index in [1.165, 1.54) is 12.1 Å². The normalized spacial score (nSPS) is 11.7. The topological polar surface area (TPSA) is 90.1 Å². The van der Waals surface area contributed by atoms with Gasteiger partial charge in [-0.2, -0.15) is 0 Å². The Morgan fingerprint density at radius 3 is 2.60 bits per heavy atom. The minimum Gasteiger partial charge on any atom is -0.482 e. The number of nitrogens with zero attached hydrogens (tertiary/aromatic N) is 2. The van der Waals surface area contributed by atoms with Crippen molar-refractivity contribution in [2.45, 2.75) is 19.6 Å². The second-order valence-electron chi connectivity index (χ2n) is 7.75. The Balaban J connectivity index is 1.49. The third-order valence-corrected chi connectivity index (χ3v) is 6.04.